The Bertz CT molecular complexity index is 1950. The largest absolute Gasteiger partial charge is 0.348 e. The van der Waals surface area contributed by atoms with Gasteiger partial charge in [0.2, 0.25) is 0 Å². The van der Waals surface area contributed by atoms with Crippen molar-refractivity contribution in [1.29, 1.82) is 0 Å². The number of thiophene rings is 1. The Morgan fingerprint density at radius 2 is 1.47 bits per heavy atom. The fraction of sp³-hybridized carbons (Fsp3) is 0.333. The van der Waals surface area contributed by atoms with Crippen molar-refractivity contribution >= 4 is 72.3 Å². The minimum atomic E-state index is 0.120. The van der Waals surface area contributed by atoms with E-state index in [2.05, 4.69) is 138 Å². The first-order valence-electron chi connectivity index (χ1n) is 15.9. The Hall–Kier alpha value is -3.50. The molecule has 0 atom stereocenters. The van der Waals surface area contributed by atoms with Crippen LogP contribution in [0.5, 0.6) is 0 Å². The van der Waals surface area contributed by atoms with Gasteiger partial charge in [0.1, 0.15) is 0 Å². The van der Waals surface area contributed by atoms with Gasteiger partial charge < -0.3 is 10.2 Å². The zero-order chi connectivity index (χ0) is 30.1. The summed E-state index contributed by atoms with van der Waals surface area (Å²) in [6, 6.07) is 28.2. The summed E-state index contributed by atoms with van der Waals surface area (Å²) in [5, 5.41) is 6.70. The SMILES string of the molecule is Cc1cc2c3c(c1)N(c1ccc(C(C)(C)C)cc1)c1ccccc1B3c1c(sc3cc4c(cc13)C(C)(C)CCC4(C)C)N2. The van der Waals surface area contributed by atoms with Gasteiger partial charge in [-0.3, -0.25) is 0 Å². The minimum absolute atomic E-state index is 0.120. The maximum Gasteiger partial charge on any atom is 0.254 e. The van der Waals surface area contributed by atoms with E-state index in [4.69, 9.17) is 0 Å². The monoisotopic (exact) mass is 580 g/mol. The Morgan fingerprint density at radius 1 is 0.791 bits per heavy atom. The summed E-state index contributed by atoms with van der Waals surface area (Å²) in [5.41, 5.74) is 15.5. The summed E-state index contributed by atoms with van der Waals surface area (Å²) in [6.45, 7) is 19.0. The summed E-state index contributed by atoms with van der Waals surface area (Å²) in [4.78, 5) is 2.50. The van der Waals surface area contributed by atoms with E-state index in [0.29, 0.717) is 0 Å². The second-order valence-corrected chi connectivity index (χ2v) is 16.6. The molecule has 1 aliphatic carbocycles. The van der Waals surface area contributed by atoms with Gasteiger partial charge in [0, 0.05) is 27.4 Å². The second-order valence-electron chi connectivity index (χ2n) is 15.5. The van der Waals surface area contributed by atoms with Crippen LogP contribution >= 0.6 is 11.3 Å². The van der Waals surface area contributed by atoms with Gasteiger partial charge in [0.15, 0.2) is 0 Å². The summed E-state index contributed by atoms with van der Waals surface area (Å²) in [7, 11) is 0. The van der Waals surface area contributed by atoms with Crippen LogP contribution in [0.2, 0.25) is 0 Å². The van der Waals surface area contributed by atoms with Crippen LogP contribution in [0.15, 0.2) is 72.8 Å². The average Bonchev–Trinajstić information content (AvgIpc) is 3.31. The van der Waals surface area contributed by atoms with E-state index in [0.717, 1.165) is 0 Å². The number of hydrogen-bond acceptors (Lipinski definition) is 3. The van der Waals surface area contributed by atoms with Crippen molar-refractivity contribution in [3.8, 4) is 0 Å². The number of fused-ring (bicyclic) bond motifs is 7. The highest BCUT2D eigenvalue weighted by atomic mass is 32.1. The first-order chi connectivity index (χ1) is 20.3. The van der Waals surface area contributed by atoms with E-state index in [1.165, 1.54) is 89.3 Å². The van der Waals surface area contributed by atoms with E-state index in [1.807, 2.05) is 11.3 Å². The molecule has 2 nitrogen and oxygen atoms in total. The van der Waals surface area contributed by atoms with Crippen molar-refractivity contribution in [1.82, 2.24) is 0 Å². The number of hydrogen-bond donors (Lipinski definition) is 1. The molecule has 0 amide bonds. The van der Waals surface area contributed by atoms with Crippen molar-refractivity contribution in [2.75, 3.05) is 10.2 Å². The molecule has 216 valence electrons. The lowest BCUT2D eigenvalue weighted by Crippen LogP contribution is -2.60. The molecule has 0 radical (unpaired) electrons. The zero-order valence-corrected chi connectivity index (χ0v) is 27.6. The Labute approximate surface area is 261 Å². The van der Waals surface area contributed by atoms with Crippen LogP contribution in [0.3, 0.4) is 0 Å². The first-order valence-corrected chi connectivity index (χ1v) is 16.7. The summed E-state index contributed by atoms with van der Waals surface area (Å²) in [5.74, 6) is 0. The number of nitrogens with one attached hydrogen (secondary N) is 1. The van der Waals surface area contributed by atoms with Crippen LogP contribution in [0.4, 0.5) is 27.8 Å². The van der Waals surface area contributed by atoms with Gasteiger partial charge in [0.25, 0.3) is 6.71 Å². The fourth-order valence-corrected chi connectivity index (χ4v) is 9.13. The molecule has 3 aliphatic rings. The zero-order valence-electron chi connectivity index (χ0n) is 26.8. The normalized spacial score (nSPS) is 17.6. The van der Waals surface area contributed by atoms with Crippen LogP contribution in [0.1, 0.15) is 83.6 Å². The maximum atomic E-state index is 3.97. The van der Waals surface area contributed by atoms with Gasteiger partial charge >= 0.3 is 0 Å². The fourth-order valence-electron chi connectivity index (χ4n) is 7.96. The van der Waals surface area contributed by atoms with Gasteiger partial charge in [-0.1, -0.05) is 78.8 Å². The molecule has 4 aromatic carbocycles. The van der Waals surface area contributed by atoms with E-state index < -0.39 is 0 Å². The summed E-state index contributed by atoms with van der Waals surface area (Å²) in [6.07, 6.45) is 2.46. The third kappa shape index (κ3) is 3.91. The van der Waals surface area contributed by atoms with Gasteiger partial charge in [0.05, 0.1) is 5.00 Å². The molecule has 8 rings (SSSR count). The number of benzene rings is 4. The lowest BCUT2D eigenvalue weighted by atomic mass is 9.33. The number of nitrogens with zero attached hydrogens (tertiary/aromatic N) is 1. The highest BCUT2D eigenvalue weighted by Crippen LogP contribution is 2.49. The molecule has 3 heterocycles. The molecule has 1 aromatic heterocycles. The quantitative estimate of drug-likeness (QED) is 0.195. The van der Waals surface area contributed by atoms with E-state index in [-0.39, 0.29) is 23.0 Å². The molecule has 2 aliphatic heterocycles. The lowest BCUT2D eigenvalue weighted by molar-refractivity contribution is 0.332. The molecule has 5 aromatic rings. The molecule has 0 fully saturated rings. The van der Waals surface area contributed by atoms with Gasteiger partial charge in [-0.15, -0.1) is 11.3 Å². The van der Waals surface area contributed by atoms with Crippen LogP contribution < -0.4 is 26.6 Å². The number of aryl methyl sites for hydroxylation is 1. The highest BCUT2D eigenvalue weighted by Gasteiger charge is 2.44. The Balaban J connectivity index is 1.39. The Morgan fingerprint density at radius 3 is 2.16 bits per heavy atom. The molecule has 4 heteroatoms. The maximum absolute atomic E-state index is 3.97. The predicted octanol–water partition coefficient (Wildman–Crippen LogP) is 9.21. The van der Waals surface area contributed by atoms with Gasteiger partial charge in [-0.2, -0.15) is 0 Å². The molecule has 1 N–H and O–H groups in total. The molecule has 0 unspecified atom stereocenters. The molecule has 0 spiro atoms. The third-order valence-electron chi connectivity index (χ3n) is 10.5. The van der Waals surface area contributed by atoms with E-state index >= 15 is 0 Å². The Kier molecular flexibility index (Phi) is 5.53. The minimum Gasteiger partial charge on any atom is -0.348 e. The standard InChI is InChI=1S/C39H41BN2S/c1-23-19-30-35-32(20-23)42(25-15-13-24(14-16-25)37(2,3)4)31-12-10-9-11-29(31)40(35)34-26-21-27-28(22-33(26)43-36(34)41-30)39(7,8)18-17-38(27,5)6/h9-16,19-22,41H,17-18H2,1-8H3. The number of rotatable bonds is 1. The van der Waals surface area contributed by atoms with Crippen molar-refractivity contribution in [3.05, 3.63) is 95.1 Å². The van der Waals surface area contributed by atoms with Crippen LogP contribution in [0.25, 0.3) is 10.1 Å². The lowest BCUT2D eigenvalue weighted by Gasteiger charge is -2.42. The molecule has 0 bridgehead atoms. The number of anilines is 5. The topological polar surface area (TPSA) is 15.3 Å². The van der Waals surface area contributed by atoms with Crippen LogP contribution in [-0.4, -0.2) is 6.71 Å². The third-order valence-corrected chi connectivity index (χ3v) is 11.6. The van der Waals surface area contributed by atoms with Crippen molar-refractivity contribution in [2.45, 2.75) is 84.5 Å². The summed E-state index contributed by atoms with van der Waals surface area (Å²) < 4.78 is 1.41. The smallest absolute Gasteiger partial charge is 0.254 e. The molecular formula is C39H41BN2S. The second kappa shape index (κ2) is 8.79. The molecule has 43 heavy (non-hydrogen) atoms. The average molecular weight is 581 g/mol. The molecular weight excluding hydrogens is 539 g/mol. The van der Waals surface area contributed by atoms with E-state index in [1.54, 1.807) is 0 Å². The molecule has 0 saturated heterocycles. The van der Waals surface area contributed by atoms with E-state index in [9.17, 15) is 0 Å². The summed E-state index contributed by atoms with van der Waals surface area (Å²) >= 11 is 1.94. The van der Waals surface area contributed by atoms with Crippen molar-refractivity contribution in [2.24, 2.45) is 0 Å². The highest BCUT2D eigenvalue weighted by molar-refractivity contribution is 7.26. The predicted molar refractivity (Wildman–Crippen MR) is 190 cm³/mol. The van der Waals surface area contributed by atoms with Gasteiger partial charge in [-0.25, -0.2) is 0 Å². The van der Waals surface area contributed by atoms with Crippen molar-refractivity contribution in [3.63, 3.8) is 0 Å². The first kappa shape index (κ1) is 27.1. The van der Waals surface area contributed by atoms with Gasteiger partial charge in [-0.05, 0) is 123 Å². The van der Waals surface area contributed by atoms with Crippen LogP contribution in [-0.2, 0) is 16.2 Å². The van der Waals surface area contributed by atoms with Crippen molar-refractivity contribution < 1.29 is 0 Å². The van der Waals surface area contributed by atoms with Crippen LogP contribution in [0, 0.1) is 6.92 Å². The molecule has 0 saturated carbocycles. The number of para-hydroxylation sites is 1.